The topological polar surface area (TPSA) is 97.7 Å². The van der Waals surface area contributed by atoms with Crippen LogP contribution in [0.3, 0.4) is 0 Å². The Balaban J connectivity index is 2.04. The zero-order chi connectivity index (χ0) is 13.7. The maximum atomic E-state index is 11.7. The summed E-state index contributed by atoms with van der Waals surface area (Å²) in [5.41, 5.74) is 2.98. The molecular weight excluding hydrogens is 250 g/mol. The summed E-state index contributed by atoms with van der Waals surface area (Å²) in [7, 11) is 0. The quantitative estimate of drug-likeness (QED) is 0.515. The van der Waals surface area contributed by atoms with Crippen molar-refractivity contribution < 1.29 is 14.1 Å². The largest absolute Gasteiger partial charge is 0.472 e. The van der Waals surface area contributed by atoms with Crippen molar-refractivity contribution in [1.29, 1.82) is 0 Å². The van der Waals surface area contributed by atoms with E-state index in [0.717, 1.165) is 0 Å². The second-order valence-corrected chi connectivity index (χ2v) is 3.56. The van der Waals surface area contributed by atoms with E-state index in [1.165, 1.54) is 43.0 Å². The summed E-state index contributed by atoms with van der Waals surface area (Å²) >= 11 is 0. The zero-order valence-electron chi connectivity index (χ0n) is 9.65. The number of hydrogen-bond acceptors (Lipinski definition) is 5. The molecule has 1 aromatic heterocycles. The molecule has 1 heterocycles. The number of amides is 1. The first-order chi connectivity index (χ1) is 9.16. The molecule has 0 aliphatic heterocycles. The molecule has 19 heavy (non-hydrogen) atoms. The maximum Gasteiger partial charge on any atom is 0.271 e. The van der Waals surface area contributed by atoms with E-state index in [-0.39, 0.29) is 11.3 Å². The van der Waals surface area contributed by atoms with E-state index < -0.39 is 10.8 Å². The molecule has 96 valence electrons. The van der Waals surface area contributed by atoms with E-state index in [2.05, 4.69) is 10.5 Å². The number of nitrogens with zero attached hydrogens (tertiary/aromatic N) is 2. The Morgan fingerprint density at radius 2 is 2.26 bits per heavy atom. The van der Waals surface area contributed by atoms with E-state index >= 15 is 0 Å². The second kappa shape index (κ2) is 5.58. The minimum absolute atomic E-state index is 0.147. The first kappa shape index (κ1) is 12.5. The fourth-order valence-corrected chi connectivity index (χ4v) is 1.34. The van der Waals surface area contributed by atoms with Crippen molar-refractivity contribution in [2.24, 2.45) is 5.10 Å². The van der Waals surface area contributed by atoms with Crippen LogP contribution in [0.4, 0.5) is 5.69 Å². The Morgan fingerprint density at radius 3 is 2.95 bits per heavy atom. The van der Waals surface area contributed by atoms with Crippen molar-refractivity contribution in [2.75, 3.05) is 0 Å². The number of rotatable bonds is 4. The molecule has 0 unspecified atom stereocenters. The molecule has 0 aliphatic rings. The average molecular weight is 259 g/mol. The van der Waals surface area contributed by atoms with Crippen LogP contribution in [0.2, 0.25) is 0 Å². The van der Waals surface area contributed by atoms with Crippen LogP contribution in [0.25, 0.3) is 0 Å². The van der Waals surface area contributed by atoms with Crippen molar-refractivity contribution >= 4 is 17.8 Å². The third-order valence-corrected chi connectivity index (χ3v) is 2.24. The van der Waals surface area contributed by atoms with Gasteiger partial charge in [-0.15, -0.1) is 0 Å². The molecule has 0 saturated carbocycles. The molecule has 0 aliphatic carbocycles. The summed E-state index contributed by atoms with van der Waals surface area (Å²) in [5.74, 6) is -0.525. The number of nitrogens with one attached hydrogen (secondary N) is 1. The second-order valence-electron chi connectivity index (χ2n) is 3.56. The number of non-ortho nitro benzene ring substituents is 1. The highest BCUT2D eigenvalue weighted by atomic mass is 16.6. The lowest BCUT2D eigenvalue weighted by atomic mass is 10.2. The Labute approximate surface area is 107 Å². The van der Waals surface area contributed by atoms with Crippen LogP contribution < -0.4 is 5.43 Å². The predicted octanol–water partition coefficient (Wildman–Crippen LogP) is 1.95. The van der Waals surface area contributed by atoms with Gasteiger partial charge in [0.25, 0.3) is 11.6 Å². The zero-order valence-corrected chi connectivity index (χ0v) is 9.65. The summed E-state index contributed by atoms with van der Waals surface area (Å²) in [5, 5.41) is 14.3. The highest BCUT2D eigenvalue weighted by Gasteiger charge is 2.10. The summed E-state index contributed by atoms with van der Waals surface area (Å²) in [4.78, 5) is 21.7. The summed E-state index contributed by atoms with van der Waals surface area (Å²) in [6.45, 7) is 0. The van der Waals surface area contributed by atoms with Gasteiger partial charge in [0, 0.05) is 23.3 Å². The molecule has 0 bridgehead atoms. The summed E-state index contributed by atoms with van der Waals surface area (Å²) in [6, 6.07) is 7.07. The Kier molecular flexibility index (Phi) is 3.67. The van der Waals surface area contributed by atoms with Crippen LogP contribution in [0.5, 0.6) is 0 Å². The Bertz CT molecular complexity index is 620. The summed E-state index contributed by atoms with van der Waals surface area (Å²) in [6.07, 6.45) is 4.34. The fraction of sp³-hybridized carbons (Fsp3) is 0. The average Bonchev–Trinajstić information content (AvgIpc) is 2.92. The molecule has 7 nitrogen and oxygen atoms in total. The lowest BCUT2D eigenvalue weighted by Crippen LogP contribution is -2.17. The summed E-state index contributed by atoms with van der Waals surface area (Å²) < 4.78 is 4.82. The van der Waals surface area contributed by atoms with E-state index in [9.17, 15) is 14.9 Å². The van der Waals surface area contributed by atoms with Gasteiger partial charge < -0.3 is 4.42 Å². The van der Waals surface area contributed by atoms with Gasteiger partial charge in [-0.1, -0.05) is 6.07 Å². The first-order valence-corrected chi connectivity index (χ1v) is 5.27. The third-order valence-electron chi connectivity index (χ3n) is 2.24. The molecule has 0 saturated heterocycles. The van der Waals surface area contributed by atoms with Gasteiger partial charge in [0.1, 0.15) is 0 Å². The molecule has 1 amide bonds. The Morgan fingerprint density at radius 1 is 1.42 bits per heavy atom. The van der Waals surface area contributed by atoms with Gasteiger partial charge in [-0.2, -0.15) is 5.10 Å². The first-order valence-electron chi connectivity index (χ1n) is 5.27. The van der Waals surface area contributed by atoms with Gasteiger partial charge in [0.2, 0.25) is 0 Å². The van der Waals surface area contributed by atoms with E-state index in [1.54, 1.807) is 6.07 Å². The van der Waals surface area contributed by atoms with E-state index in [0.29, 0.717) is 5.56 Å². The molecule has 1 N–H and O–H groups in total. The van der Waals surface area contributed by atoms with Crippen LogP contribution in [0, 0.1) is 10.1 Å². The highest BCUT2D eigenvalue weighted by Crippen LogP contribution is 2.12. The van der Waals surface area contributed by atoms with Gasteiger partial charge in [0.05, 0.1) is 23.7 Å². The van der Waals surface area contributed by atoms with Crippen molar-refractivity contribution in [2.45, 2.75) is 0 Å². The molecule has 0 atom stereocenters. The lowest BCUT2D eigenvalue weighted by molar-refractivity contribution is -0.384. The van der Waals surface area contributed by atoms with Gasteiger partial charge in [-0.3, -0.25) is 14.9 Å². The van der Waals surface area contributed by atoms with Crippen molar-refractivity contribution in [1.82, 2.24) is 5.43 Å². The minimum Gasteiger partial charge on any atom is -0.472 e. The molecule has 2 aromatic rings. The standard InChI is InChI=1S/C12H9N3O4/c16-12(14-13-7-9-4-5-19-8-9)10-2-1-3-11(6-10)15(17)18/h1-8H,(H,14,16). The monoisotopic (exact) mass is 259 g/mol. The number of furan rings is 1. The molecule has 0 fully saturated rings. The SMILES string of the molecule is O=C(NN=Cc1ccoc1)c1cccc([N+](=O)[O-])c1. The van der Waals surface area contributed by atoms with Gasteiger partial charge in [-0.25, -0.2) is 5.43 Å². The molecule has 7 heteroatoms. The van der Waals surface area contributed by atoms with Crippen molar-refractivity contribution in [3.63, 3.8) is 0 Å². The van der Waals surface area contributed by atoms with Crippen LogP contribution in [-0.2, 0) is 0 Å². The Hall–Kier alpha value is -2.96. The molecular formula is C12H9N3O4. The van der Waals surface area contributed by atoms with E-state index in [4.69, 9.17) is 4.42 Å². The number of nitro benzene ring substituents is 1. The normalized spacial score (nSPS) is 10.5. The van der Waals surface area contributed by atoms with Crippen LogP contribution in [0.15, 0.2) is 52.4 Å². The maximum absolute atomic E-state index is 11.7. The number of hydrogen-bond donors (Lipinski definition) is 1. The van der Waals surface area contributed by atoms with Gasteiger partial charge in [0.15, 0.2) is 0 Å². The van der Waals surface area contributed by atoms with Crippen molar-refractivity contribution in [3.05, 3.63) is 64.1 Å². The highest BCUT2D eigenvalue weighted by molar-refractivity contribution is 5.95. The molecule has 1 aromatic carbocycles. The number of benzene rings is 1. The predicted molar refractivity (Wildman–Crippen MR) is 66.9 cm³/mol. The molecule has 0 radical (unpaired) electrons. The number of nitro groups is 1. The van der Waals surface area contributed by atoms with Crippen LogP contribution >= 0.6 is 0 Å². The van der Waals surface area contributed by atoms with E-state index in [1.807, 2.05) is 0 Å². The smallest absolute Gasteiger partial charge is 0.271 e. The molecule has 0 spiro atoms. The third kappa shape index (κ3) is 3.25. The molecule has 2 rings (SSSR count). The lowest BCUT2D eigenvalue weighted by Gasteiger charge is -1.99. The van der Waals surface area contributed by atoms with Crippen LogP contribution in [0.1, 0.15) is 15.9 Å². The number of carbonyl (C=O) groups is 1. The van der Waals surface area contributed by atoms with Crippen molar-refractivity contribution in [3.8, 4) is 0 Å². The minimum atomic E-state index is -0.564. The van der Waals surface area contributed by atoms with Gasteiger partial charge >= 0.3 is 0 Å². The van der Waals surface area contributed by atoms with Gasteiger partial charge in [-0.05, 0) is 12.1 Å². The number of carbonyl (C=O) groups excluding carboxylic acids is 1. The van der Waals surface area contributed by atoms with Crippen LogP contribution in [-0.4, -0.2) is 17.0 Å². The fourth-order valence-electron chi connectivity index (χ4n) is 1.34. The number of hydrazone groups is 1.